The van der Waals surface area contributed by atoms with Crippen LogP contribution in [-0.4, -0.2) is 45.7 Å². The average molecular weight is 408 g/mol. The van der Waals surface area contributed by atoms with Gasteiger partial charge in [-0.2, -0.15) is 0 Å². The lowest BCUT2D eigenvalue weighted by Gasteiger charge is -2.32. The number of hydrogen-bond acceptors (Lipinski definition) is 4. The van der Waals surface area contributed by atoms with Crippen molar-refractivity contribution in [3.05, 3.63) is 59.9 Å². The van der Waals surface area contributed by atoms with E-state index in [0.29, 0.717) is 12.3 Å². The summed E-state index contributed by atoms with van der Waals surface area (Å²) < 4.78 is 44.3. The number of likely N-dealkylation sites (N-methyl/N-ethyl adjacent to an activating group) is 1. The second-order valence-electron chi connectivity index (χ2n) is 6.50. The number of anilines is 1. The van der Waals surface area contributed by atoms with Gasteiger partial charge >= 0.3 is 0 Å². The van der Waals surface area contributed by atoms with E-state index in [0.717, 1.165) is 16.1 Å². The highest BCUT2D eigenvalue weighted by Crippen LogP contribution is 2.24. The Hall–Kier alpha value is -2.61. The molecule has 0 aliphatic heterocycles. The molecule has 1 atom stereocenters. The highest BCUT2D eigenvalue weighted by molar-refractivity contribution is 7.92. The zero-order valence-corrected chi connectivity index (χ0v) is 17.2. The third-order valence-corrected chi connectivity index (χ3v) is 5.53. The van der Waals surface area contributed by atoms with Crippen molar-refractivity contribution in [1.29, 1.82) is 0 Å². The van der Waals surface area contributed by atoms with E-state index in [4.69, 9.17) is 4.74 Å². The highest BCUT2D eigenvalue weighted by Gasteiger charge is 2.33. The fourth-order valence-electron chi connectivity index (χ4n) is 2.97. The molecule has 28 heavy (non-hydrogen) atoms. The molecule has 0 saturated carbocycles. The van der Waals surface area contributed by atoms with Crippen LogP contribution in [0.4, 0.5) is 10.1 Å². The molecule has 2 rings (SSSR count). The van der Waals surface area contributed by atoms with Gasteiger partial charge < -0.3 is 9.64 Å². The molecule has 0 radical (unpaired) electrons. The molecule has 2 aromatic carbocycles. The Morgan fingerprint density at radius 2 is 1.68 bits per heavy atom. The Labute approximate surface area is 165 Å². The fraction of sp³-hybridized carbons (Fsp3) is 0.350. The molecule has 152 valence electrons. The minimum atomic E-state index is -3.76. The van der Waals surface area contributed by atoms with E-state index in [1.165, 1.54) is 29.2 Å². The molecule has 2 aromatic rings. The number of hydrogen-bond donors (Lipinski definition) is 0. The Morgan fingerprint density at radius 1 is 1.11 bits per heavy atom. The minimum Gasteiger partial charge on any atom is -0.497 e. The summed E-state index contributed by atoms with van der Waals surface area (Å²) in [5.74, 6) is -0.106. The molecular weight excluding hydrogens is 383 g/mol. The SMILES string of the molecule is CCC(C(=O)N(C)Cc1ccc(OC)cc1)N(c1ccc(F)cc1)S(C)(=O)=O. The molecule has 0 spiro atoms. The summed E-state index contributed by atoms with van der Waals surface area (Å²) in [6.07, 6.45) is 1.31. The van der Waals surface area contributed by atoms with Crippen LogP contribution in [0.5, 0.6) is 5.75 Å². The number of carbonyl (C=O) groups is 1. The number of methoxy groups -OCH3 is 1. The van der Waals surface area contributed by atoms with Gasteiger partial charge in [-0.3, -0.25) is 9.10 Å². The lowest BCUT2D eigenvalue weighted by atomic mass is 10.1. The van der Waals surface area contributed by atoms with Gasteiger partial charge in [0.05, 0.1) is 19.1 Å². The molecule has 0 bridgehead atoms. The molecule has 1 unspecified atom stereocenters. The van der Waals surface area contributed by atoms with Crippen molar-refractivity contribution in [1.82, 2.24) is 4.90 Å². The number of rotatable bonds is 8. The second kappa shape index (κ2) is 9.05. The van der Waals surface area contributed by atoms with E-state index in [1.54, 1.807) is 33.2 Å². The Morgan fingerprint density at radius 3 is 2.14 bits per heavy atom. The van der Waals surface area contributed by atoms with Crippen LogP contribution < -0.4 is 9.04 Å². The van der Waals surface area contributed by atoms with Crippen molar-refractivity contribution >= 4 is 21.6 Å². The molecule has 6 nitrogen and oxygen atoms in total. The maximum Gasteiger partial charge on any atom is 0.246 e. The van der Waals surface area contributed by atoms with Crippen molar-refractivity contribution < 1.29 is 22.3 Å². The van der Waals surface area contributed by atoms with Crippen LogP contribution in [0.25, 0.3) is 0 Å². The van der Waals surface area contributed by atoms with Gasteiger partial charge in [-0.1, -0.05) is 19.1 Å². The van der Waals surface area contributed by atoms with Gasteiger partial charge in [0.25, 0.3) is 0 Å². The Bertz CT molecular complexity index is 899. The molecule has 0 fully saturated rings. The van der Waals surface area contributed by atoms with Gasteiger partial charge in [-0.15, -0.1) is 0 Å². The number of ether oxygens (including phenoxy) is 1. The predicted molar refractivity (Wildman–Crippen MR) is 107 cm³/mol. The van der Waals surface area contributed by atoms with Crippen LogP contribution in [0.1, 0.15) is 18.9 Å². The second-order valence-corrected chi connectivity index (χ2v) is 8.36. The van der Waals surface area contributed by atoms with E-state index in [1.807, 2.05) is 12.1 Å². The first-order valence-electron chi connectivity index (χ1n) is 8.80. The van der Waals surface area contributed by atoms with Crippen LogP contribution in [0.2, 0.25) is 0 Å². The van der Waals surface area contributed by atoms with Crippen LogP contribution in [-0.2, 0) is 21.4 Å². The van der Waals surface area contributed by atoms with Crippen LogP contribution in [0.3, 0.4) is 0 Å². The molecule has 0 saturated heterocycles. The van der Waals surface area contributed by atoms with Crippen molar-refractivity contribution in [3.8, 4) is 5.75 Å². The number of amides is 1. The van der Waals surface area contributed by atoms with E-state index < -0.39 is 21.9 Å². The molecule has 0 aromatic heterocycles. The summed E-state index contributed by atoms with van der Waals surface area (Å²) in [7, 11) is -0.555. The van der Waals surface area contributed by atoms with Gasteiger partial charge in [-0.25, -0.2) is 12.8 Å². The quantitative estimate of drug-likeness (QED) is 0.673. The predicted octanol–water partition coefficient (Wildman–Crippen LogP) is 3.04. The smallest absolute Gasteiger partial charge is 0.246 e. The fourth-order valence-corrected chi connectivity index (χ4v) is 4.17. The topological polar surface area (TPSA) is 66.9 Å². The van der Waals surface area contributed by atoms with Crippen LogP contribution >= 0.6 is 0 Å². The van der Waals surface area contributed by atoms with E-state index in [9.17, 15) is 17.6 Å². The van der Waals surface area contributed by atoms with E-state index in [-0.39, 0.29) is 18.0 Å². The summed E-state index contributed by atoms with van der Waals surface area (Å²) in [4.78, 5) is 14.5. The summed E-state index contributed by atoms with van der Waals surface area (Å²) in [6, 6.07) is 11.4. The molecular formula is C20H25FN2O4S. The van der Waals surface area contributed by atoms with Gasteiger partial charge in [-0.05, 0) is 48.4 Å². The molecule has 0 aliphatic carbocycles. The third kappa shape index (κ3) is 5.22. The lowest BCUT2D eigenvalue weighted by Crippen LogP contribution is -2.49. The lowest BCUT2D eigenvalue weighted by molar-refractivity contribution is -0.131. The summed E-state index contributed by atoms with van der Waals surface area (Å²) >= 11 is 0. The summed E-state index contributed by atoms with van der Waals surface area (Å²) in [5, 5.41) is 0. The van der Waals surface area contributed by atoms with Gasteiger partial charge in [0.15, 0.2) is 0 Å². The molecule has 8 heteroatoms. The molecule has 0 heterocycles. The first-order chi connectivity index (χ1) is 13.2. The minimum absolute atomic E-state index is 0.252. The Balaban J connectivity index is 2.28. The van der Waals surface area contributed by atoms with Crippen molar-refractivity contribution in [2.24, 2.45) is 0 Å². The largest absolute Gasteiger partial charge is 0.497 e. The first-order valence-corrected chi connectivity index (χ1v) is 10.6. The maximum absolute atomic E-state index is 13.3. The van der Waals surface area contributed by atoms with Crippen molar-refractivity contribution in [2.75, 3.05) is 24.7 Å². The first kappa shape index (κ1) is 21.7. The normalized spacial score (nSPS) is 12.3. The number of halogens is 1. The van der Waals surface area contributed by atoms with Gasteiger partial charge in [0.1, 0.15) is 17.6 Å². The van der Waals surface area contributed by atoms with Gasteiger partial charge in [0.2, 0.25) is 15.9 Å². The summed E-state index contributed by atoms with van der Waals surface area (Å²) in [5.41, 5.74) is 1.14. The monoisotopic (exact) mass is 408 g/mol. The molecule has 0 aliphatic rings. The van der Waals surface area contributed by atoms with E-state index >= 15 is 0 Å². The van der Waals surface area contributed by atoms with Gasteiger partial charge in [0, 0.05) is 13.6 Å². The number of carbonyl (C=O) groups excluding carboxylic acids is 1. The van der Waals surface area contributed by atoms with Crippen LogP contribution in [0, 0.1) is 5.82 Å². The number of nitrogens with zero attached hydrogens (tertiary/aromatic N) is 2. The Kier molecular flexibility index (Phi) is 7.01. The maximum atomic E-state index is 13.3. The molecule has 1 amide bonds. The standard InChI is InChI=1S/C20H25FN2O4S/c1-5-19(23(28(4,25)26)17-10-8-16(21)9-11-17)20(24)22(2)14-15-6-12-18(27-3)13-7-15/h6-13,19H,5,14H2,1-4H3. The van der Waals surface area contributed by atoms with Crippen molar-refractivity contribution in [3.63, 3.8) is 0 Å². The summed E-state index contributed by atoms with van der Waals surface area (Å²) in [6.45, 7) is 2.06. The average Bonchev–Trinajstić information content (AvgIpc) is 2.66. The highest BCUT2D eigenvalue weighted by atomic mass is 32.2. The molecule has 0 N–H and O–H groups in total. The number of sulfonamides is 1. The number of benzene rings is 2. The zero-order chi connectivity index (χ0) is 20.9. The van der Waals surface area contributed by atoms with E-state index in [2.05, 4.69) is 0 Å². The third-order valence-electron chi connectivity index (χ3n) is 4.35. The van der Waals surface area contributed by atoms with Crippen molar-refractivity contribution in [2.45, 2.75) is 25.9 Å². The zero-order valence-electron chi connectivity index (χ0n) is 16.4. The van der Waals surface area contributed by atoms with Crippen LogP contribution in [0.15, 0.2) is 48.5 Å².